The van der Waals surface area contributed by atoms with Crippen molar-refractivity contribution in [3.63, 3.8) is 0 Å². The summed E-state index contributed by atoms with van der Waals surface area (Å²) in [6.45, 7) is 2.96. The standard InChI is InChI=1S/C16H20N2O3/c1-18-6-2-3-13(18)10-17-9-11-4-5-14-12(7-11)8-15(21-14)16(19)20/h4-5,7-8,13,17H,2-3,6,9-10H2,1H3,(H,19,20). The number of carbonyl (C=O) groups is 1. The minimum Gasteiger partial charge on any atom is -0.475 e. The van der Waals surface area contributed by atoms with Crippen LogP contribution in [0.3, 0.4) is 0 Å². The van der Waals surface area contributed by atoms with Gasteiger partial charge in [-0.1, -0.05) is 6.07 Å². The monoisotopic (exact) mass is 288 g/mol. The number of furan rings is 1. The lowest BCUT2D eigenvalue weighted by Crippen LogP contribution is -2.35. The van der Waals surface area contributed by atoms with Crippen molar-refractivity contribution in [3.05, 3.63) is 35.6 Å². The zero-order valence-electron chi connectivity index (χ0n) is 12.1. The van der Waals surface area contributed by atoms with Crippen molar-refractivity contribution in [2.24, 2.45) is 0 Å². The number of nitrogens with one attached hydrogen (secondary N) is 1. The minimum atomic E-state index is -1.03. The number of carboxylic acids is 1. The molecule has 1 aromatic carbocycles. The Morgan fingerprint density at radius 1 is 1.48 bits per heavy atom. The molecule has 3 rings (SSSR count). The second-order valence-electron chi connectivity index (χ2n) is 5.70. The number of hydrogen-bond donors (Lipinski definition) is 2. The number of likely N-dealkylation sites (N-methyl/N-ethyl adjacent to an activating group) is 1. The molecule has 0 bridgehead atoms. The summed E-state index contributed by atoms with van der Waals surface area (Å²) in [5.41, 5.74) is 1.76. The maximum absolute atomic E-state index is 10.9. The molecule has 1 aliphatic rings. The molecule has 2 heterocycles. The van der Waals surface area contributed by atoms with E-state index in [0.717, 1.165) is 24.0 Å². The average molecular weight is 288 g/mol. The summed E-state index contributed by atoms with van der Waals surface area (Å²) in [5, 5.41) is 13.2. The first-order valence-corrected chi connectivity index (χ1v) is 7.30. The summed E-state index contributed by atoms with van der Waals surface area (Å²) >= 11 is 0. The van der Waals surface area contributed by atoms with Gasteiger partial charge in [0.25, 0.3) is 0 Å². The van der Waals surface area contributed by atoms with E-state index in [2.05, 4.69) is 17.3 Å². The summed E-state index contributed by atoms with van der Waals surface area (Å²) in [6.07, 6.45) is 2.54. The van der Waals surface area contributed by atoms with E-state index >= 15 is 0 Å². The SMILES string of the molecule is CN1CCCC1CNCc1ccc2oc(C(=O)O)cc2c1. The third kappa shape index (κ3) is 3.09. The minimum absolute atomic E-state index is 0.0114. The summed E-state index contributed by atoms with van der Waals surface area (Å²) < 4.78 is 5.26. The van der Waals surface area contributed by atoms with Crippen LogP contribution < -0.4 is 5.32 Å². The van der Waals surface area contributed by atoms with E-state index < -0.39 is 5.97 Å². The number of nitrogens with zero attached hydrogens (tertiary/aromatic N) is 1. The first-order valence-electron chi connectivity index (χ1n) is 7.30. The van der Waals surface area contributed by atoms with Gasteiger partial charge in [-0.15, -0.1) is 0 Å². The lowest BCUT2D eigenvalue weighted by molar-refractivity contribution is 0.0665. The zero-order chi connectivity index (χ0) is 14.8. The summed E-state index contributed by atoms with van der Waals surface area (Å²) in [4.78, 5) is 13.3. The highest BCUT2D eigenvalue weighted by Gasteiger charge is 2.19. The lowest BCUT2D eigenvalue weighted by Gasteiger charge is -2.19. The van der Waals surface area contributed by atoms with E-state index in [-0.39, 0.29) is 5.76 Å². The van der Waals surface area contributed by atoms with Crippen molar-refractivity contribution in [2.45, 2.75) is 25.4 Å². The largest absolute Gasteiger partial charge is 0.475 e. The molecular weight excluding hydrogens is 268 g/mol. The molecule has 0 radical (unpaired) electrons. The van der Waals surface area contributed by atoms with E-state index in [1.54, 1.807) is 6.07 Å². The molecule has 2 N–H and O–H groups in total. The zero-order valence-corrected chi connectivity index (χ0v) is 12.1. The highest BCUT2D eigenvalue weighted by molar-refractivity contribution is 5.91. The molecule has 1 atom stereocenters. The highest BCUT2D eigenvalue weighted by Crippen LogP contribution is 2.21. The van der Waals surface area contributed by atoms with Gasteiger partial charge >= 0.3 is 5.97 Å². The number of hydrogen-bond acceptors (Lipinski definition) is 4. The maximum atomic E-state index is 10.9. The fourth-order valence-electron chi connectivity index (χ4n) is 2.93. The Hall–Kier alpha value is -1.85. The Morgan fingerprint density at radius 2 is 2.33 bits per heavy atom. The van der Waals surface area contributed by atoms with Crippen LogP contribution in [0.4, 0.5) is 0 Å². The van der Waals surface area contributed by atoms with Gasteiger partial charge in [-0.25, -0.2) is 4.79 Å². The quantitative estimate of drug-likeness (QED) is 0.884. The highest BCUT2D eigenvalue weighted by atomic mass is 16.4. The van der Waals surface area contributed by atoms with Gasteiger partial charge in [-0.3, -0.25) is 0 Å². The Labute approximate surface area is 123 Å². The molecule has 0 amide bonds. The van der Waals surface area contributed by atoms with E-state index in [0.29, 0.717) is 11.6 Å². The van der Waals surface area contributed by atoms with Crippen LogP contribution in [0, 0.1) is 0 Å². The van der Waals surface area contributed by atoms with Crippen LogP contribution in [0.25, 0.3) is 11.0 Å². The van der Waals surface area contributed by atoms with Crippen molar-refractivity contribution in [2.75, 3.05) is 20.1 Å². The van der Waals surface area contributed by atoms with Crippen molar-refractivity contribution in [1.82, 2.24) is 10.2 Å². The van der Waals surface area contributed by atoms with Crippen molar-refractivity contribution < 1.29 is 14.3 Å². The fourth-order valence-corrected chi connectivity index (χ4v) is 2.93. The normalized spacial score (nSPS) is 19.4. The van der Waals surface area contributed by atoms with Gasteiger partial charge in [0.2, 0.25) is 5.76 Å². The Morgan fingerprint density at radius 3 is 3.05 bits per heavy atom. The van der Waals surface area contributed by atoms with Crippen LogP contribution in [-0.2, 0) is 6.54 Å². The molecular formula is C16H20N2O3. The van der Waals surface area contributed by atoms with Gasteiger partial charge in [0, 0.05) is 24.5 Å². The van der Waals surface area contributed by atoms with Crippen LogP contribution in [0.15, 0.2) is 28.7 Å². The Kier molecular flexibility index (Phi) is 3.94. The first kappa shape index (κ1) is 14.1. The Bertz CT molecular complexity index is 650. The molecule has 0 spiro atoms. The number of benzene rings is 1. The van der Waals surface area contributed by atoms with E-state index in [9.17, 15) is 4.79 Å². The van der Waals surface area contributed by atoms with Crippen molar-refractivity contribution in [3.8, 4) is 0 Å². The van der Waals surface area contributed by atoms with Crippen LogP contribution in [-0.4, -0.2) is 42.2 Å². The van der Waals surface area contributed by atoms with E-state index in [1.165, 1.54) is 19.4 Å². The predicted molar refractivity (Wildman–Crippen MR) is 80.5 cm³/mol. The molecule has 5 nitrogen and oxygen atoms in total. The predicted octanol–water partition coefficient (Wildman–Crippen LogP) is 2.31. The van der Waals surface area contributed by atoms with Crippen molar-refractivity contribution in [1.29, 1.82) is 0 Å². The topological polar surface area (TPSA) is 65.7 Å². The fraction of sp³-hybridized carbons (Fsp3) is 0.438. The second kappa shape index (κ2) is 5.87. The number of aromatic carboxylic acids is 1. The first-order chi connectivity index (χ1) is 10.1. The van der Waals surface area contributed by atoms with E-state index in [4.69, 9.17) is 9.52 Å². The Balaban J connectivity index is 1.63. The summed E-state index contributed by atoms with van der Waals surface area (Å²) in [7, 11) is 2.17. The van der Waals surface area contributed by atoms with Crippen LogP contribution in [0.5, 0.6) is 0 Å². The molecule has 1 unspecified atom stereocenters. The third-order valence-corrected chi connectivity index (χ3v) is 4.17. The number of fused-ring (bicyclic) bond motifs is 1. The smallest absolute Gasteiger partial charge is 0.371 e. The van der Waals surface area contributed by atoms with Gasteiger partial charge in [-0.2, -0.15) is 0 Å². The number of rotatable bonds is 5. The van der Waals surface area contributed by atoms with Gasteiger partial charge in [-0.05, 0) is 50.2 Å². The lowest BCUT2D eigenvalue weighted by atomic mass is 10.1. The average Bonchev–Trinajstić information content (AvgIpc) is 3.05. The molecule has 112 valence electrons. The summed E-state index contributed by atoms with van der Waals surface area (Å²) in [6, 6.07) is 7.99. The van der Waals surface area contributed by atoms with Gasteiger partial charge in [0.05, 0.1) is 0 Å². The van der Waals surface area contributed by atoms with Gasteiger partial charge < -0.3 is 19.7 Å². The van der Waals surface area contributed by atoms with Crippen LogP contribution in [0.1, 0.15) is 29.0 Å². The molecule has 1 aliphatic heterocycles. The van der Waals surface area contributed by atoms with Gasteiger partial charge in [0.1, 0.15) is 5.58 Å². The molecule has 1 fully saturated rings. The van der Waals surface area contributed by atoms with E-state index in [1.807, 2.05) is 18.2 Å². The van der Waals surface area contributed by atoms with Crippen LogP contribution >= 0.6 is 0 Å². The molecule has 1 saturated heterocycles. The van der Waals surface area contributed by atoms with Gasteiger partial charge in [0.15, 0.2) is 0 Å². The summed E-state index contributed by atoms with van der Waals surface area (Å²) in [5.74, 6) is -1.04. The third-order valence-electron chi connectivity index (χ3n) is 4.17. The second-order valence-corrected chi connectivity index (χ2v) is 5.70. The van der Waals surface area contributed by atoms with Crippen LogP contribution in [0.2, 0.25) is 0 Å². The number of likely N-dealkylation sites (tertiary alicyclic amines) is 1. The molecule has 0 saturated carbocycles. The molecule has 0 aliphatic carbocycles. The maximum Gasteiger partial charge on any atom is 0.371 e. The van der Waals surface area contributed by atoms with Crippen molar-refractivity contribution >= 4 is 16.9 Å². The molecule has 2 aromatic rings. The number of carboxylic acid groups (broad SMARTS) is 1. The molecule has 1 aromatic heterocycles. The molecule has 21 heavy (non-hydrogen) atoms. The molecule has 5 heteroatoms.